The number of hydrogen-bond donors (Lipinski definition) is 0. The second-order valence-corrected chi connectivity index (χ2v) is 6.29. The molecule has 3 unspecified atom stereocenters. The lowest BCUT2D eigenvalue weighted by Crippen LogP contribution is -2.27. The molecule has 1 aromatic carbocycles. The molecule has 2 nitrogen and oxygen atoms in total. The van der Waals surface area contributed by atoms with Crippen LogP contribution in [-0.4, -0.2) is 18.5 Å². The van der Waals surface area contributed by atoms with Crippen LogP contribution in [0.3, 0.4) is 0 Å². The van der Waals surface area contributed by atoms with Crippen molar-refractivity contribution in [2.45, 2.75) is 52.1 Å². The zero-order chi connectivity index (χ0) is 15.2. The highest BCUT2D eigenvalue weighted by Gasteiger charge is 2.24. The van der Waals surface area contributed by atoms with E-state index < -0.39 is 0 Å². The van der Waals surface area contributed by atoms with Crippen LogP contribution in [0.1, 0.15) is 56.3 Å². The van der Waals surface area contributed by atoms with Crippen LogP contribution in [0.25, 0.3) is 0 Å². The van der Waals surface area contributed by atoms with Crippen LogP contribution in [0, 0.1) is 17.7 Å². The van der Waals surface area contributed by atoms with Gasteiger partial charge in [0, 0.05) is 18.6 Å². The Morgan fingerprint density at radius 3 is 2.57 bits per heavy atom. The fourth-order valence-electron chi connectivity index (χ4n) is 2.91. The molecule has 3 heteroatoms. The number of Topliss-reactive ketones (excluding diaryl/α,β-unsaturated/α-hetero) is 1. The van der Waals surface area contributed by atoms with E-state index in [9.17, 15) is 9.18 Å². The van der Waals surface area contributed by atoms with Crippen LogP contribution in [0.15, 0.2) is 24.3 Å². The summed E-state index contributed by atoms with van der Waals surface area (Å²) in [6.45, 7) is 5.24. The van der Waals surface area contributed by atoms with E-state index in [0.717, 1.165) is 31.1 Å². The molecule has 0 saturated heterocycles. The van der Waals surface area contributed by atoms with Crippen molar-refractivity contribution >= 4 is 5.78 Å². The molecule has 1 aromatic rings. The number of carbonyl (C=O) groups is 1. The summed E-state index contributed by atoms with van der Waals surface area (Å²) in [6.07, 6.45) is 5.06. The summed E-state index contributed by atoms with van der Waals surface area (Å²) >= 11 is 0. The molecule has 0 spiro atoms. The Hall–Kier alpha value is -1.22. The predicted octanol–water partition coefficient (Wildman–Crippen LogP) is 4.63. The quantitative estimate of drug-likeness (QED) is 0.564. The van der Waals surface area contributed by atoms with Crippen LogP contribution >= 0.6 is 0 Å². The Labute approximate surface area is 126 Å². The largest absolute Gasteiger partial charge is 0.378 e. The van der Waals surface area contributed by atoms with Gasteiger partial charge in [-0.2, -0.15) is 0 Å². The zero-order valence-electron chi connectivity index (χ0n) is 13.0. The number of ether oxygens (including phenoxy) is 1. The van der Waals surface area contributed by atoms with Gasteiger partial charge in [0.05, 0.1) is 6.10 Å². The first-order valence-corrected chi connectivity index (χ1v) is 7.96. The molecule has 0 heterocycles. The number of carbonyl (C=O) groups excluding carboxylic acids is 1. The number of benzene rings is 1. The normalized spacial score (nSPS) is 25.8. The van der Waals surface area contributed by atoms with Gasteiger partial charge < -0.3 is 4.74 Å². The smallest absolute Gasteiger partial charge is 0.162 e. The maximum Gasteiger partial charge on any atom is 0.162 e. The number of hydrogen-bond acceptors (Lipinski definition) is 2. The molecule has 0 radical (unpaired) electrons. The highest BCUT2D eigenvalue weighted by molar-refractivity contribution is 5.95. The molecule has 0 N–H and O–H groups in total. The molecule has 2 rings (SSSR count). The van der Waals surface area contributed by atoms with Crippen molar-refractivity contribution in [2.24, 2.45) is 11.8 Å². The summed E-state index contributed by atoms with van der Waals surface area (Å²) in [4.78, 5) is 11.9. The minimum absolute atomic E-state index is 0.0595. The maximum atomic E-state index is 12.8. The molecule has 1 aliphatic rings. The van der Waals surface area contributed by atoms with Crippen LogP contribution in [-0.2, 0) is 4.74 Å². The zero-order valence-corrected chi connectivity index (χ0v) is 13.0. The van der Waals surface area contributed by atoms with E-state index in [4.69, 9.17) is 4.74 Å². The van der Waals surface area contributed by atoms with Gasteiger partial charge in [-0.25, -0.2) is 4.39 Å². The molecule has 21 heavy (non-hydrogen) atoms. The summed E-state index contributed by atoms with van der Waals surface area (Å²) in [5.74, 6) is 1.27. The SMILES string of the molecule is CC1CCC(OCCCC(=O)c2ccc(F)cc2)CC1C. The van der Waals surface area contributed by atoms with E-state index >= 15 is 0 Å². The van der Waals surface area contributed by atoms with E-state index in [2.05, 4.69) is 13.8 Å². The summed E-state index contributed by atoms with van der Waals surface area (Å²) in [7, 11) is 0. The second-order valence-electron chi connectivity index (χ2n) is 6.29. The van der Waals surface area contributed by atoms with Gasteiger partial charge in [-0.05, 0) is 61.8 Å². The van der Waals surface area contributed by atoms with Crippen LogP contribution in [0.2, 0.25) is 0 Å². The van der Waals surface area contributed by atoms with Crippen molar-refractivity contribution in [1.29, 1.82) is 0 Å². The minimum atomic E-state index is -0.310. The van der Waals surface area contributed by atoms with Crippen molar-refractivity contribution in [3.05, 3.63) is 35.6 Å². The van der Waals surface area contributed by atoms with Crippen LogP contribution in [0.5, 0.6) is 0 Å². The van der Waals surface area contributed by atoms with Crippen molar-refractivity contribution in [1.82, 2.24) is 0 Å². The molecule has 1 saturated carbocycles. The molecule has 3 atom stereocenters. The molecule has 0 aromatic heterocycles. The average molecular weight is 292 g/mol. The fraction of sp³-hybridized carbons (Fsp3) is 0.611. The van der Waals surface area contributed by atoms with Gasteiger partial charge in [-0.1, -0.05) is 13.8 Å². The third-order valence-corrected chi connectivity index (χ3v) is 4.62. The number of halogens is 1. The van der Waals surface area contributed by atoms with Crippen LogP contribution < -0.4 is 0 Å². The van der Waals surface area contributed by atoms with Gasteiger partial charge in [-0.3, -0.25) is 4.79 Å². The first-order chi connectivity index (χ1) is 10.1. The van der Waals surface area contributed by atoms with E-state index in [-0.39, 0.29) is 11.6 Å². The van der Waals surface area contributed by atoms with Gasteiger partial charge in [0.1, 0.15) is 5.82 Å². The minimum Gasteiger partial charge on any atom is -0.378 e. The standard InChI is InChI=1S/C18H25FO2/c1-13-5-10-17(12-14(13)2)21-11-3-4-18(20)15-6-8-16(19)9-7-15/h6-9,13-14,17H,3-5,10-12H2,1-2H3. The summed E-state index contributed by atoms with van der Waals surface area (Å²) in [6, 6.07) is 5.74. The molecule has 0 amide bonds. The number of ketones is 1. The molecule has 1 aliphatic carbocycles. The molecule has 0 bridgehead atoms. The molecular formula is C18H25FO2. The highest BCUT2D eigenvalue weighted by Crippen LogP contribution is 2.30. The Bertz CT molecular complexity index is 455. The maximum absolute atomic E-state index is 12.8. The van der Waals surface area contributed by atoms with E-state index in [1.165, 1.54) is 18.6 Å². The van der Waals surface area contributed by atoms with Gasteiger partial charge in [0.2, 0.25) is 0 Å². The first kappa shape index (κ1) is 16.2. The first-order valence-electron chi connectivity index (χ1n) is 7.96. The topological polar surface area (TPSA) is 26.3 Å². The summed E-state index contributed by atoms with van der Waals surface area (Å²) in [5, 5.41) is 0. The third-order valence-electron chi connectivity index (χ3n) is 4.62. The highest BCUT2D eigenvalue weighted by atomic mass is 19.1. The molecule has 116 valence electrons. The lowest BCUT2D eigenvalue weighted by molar-refractivity contribution is 0.00136. The van der Waals surface area contributed by atoms with Crippen molar-refractivity contribution in [2.75, 3.05) is 6.61 Å². The van der Waals surface area contributed by atoms with E-state index in [1.54, 1.807) is 12.1 Å². The molecular weight excluding hydrogens is 267 g/mol. The van der Waals surface area contributed by atoms with Crippen molar-refractivity contribution in [3.8, 4) is 0 Å². The van der Waals surface area contributed by atoms with Gasteiger partial charge in [-0.15, -0.1) is 0 Å². The Kier molecular flexibility index (Phi) is 5.92. The van der Waals surface area contributed by atoms with Crippen LogP contribution in [0.4, 0.5) is 4.39 Å². The van der Waals surface area contributed by atoms with Crippen molar-refractivity contribution in [3.63, 3.8) is 0 Å². The third kappa shape index (κ3) is 4.92. The molecule has 0 aliphatic heterocycles. The Morgan fingerprint density at radius 2 is 1.90 bits per heavy atom. The second kappa shape index (κ2) is 7.69. The lowest BCUT2D eigenvalue weighted by atomic mass is 9.80. The summed E-state index contributed by atoms with van der Waals surface area (Å²) < 4.78 is 18.7. The van der Waals surface area contributed by atoms with Gasteiger partial charge in [0.25, 0.3) is 0 Å². The predicted molar refractivity (Wildman–Crippen MR) is 81.9 cm³/mol. The molecule has 1 fully saturated rings. The van der Waals surface area contributed by atoms with E-state index in [0.29, 0.717) is 24.7 Å². The summed E-state index contributed by atoms with van der Waals surface area (Å²) in [5.41, 5.74) is 0.580. The van der Waals surface area contributed by atoms with Gasteiger partial charge >= 0.3 is 0 Å². The van der Waals surface area contributed by atoms with Gasteiger partial charge in [0.15, 0.2) is 5.78 Å². The fourth-order valence-corrected chi connectivity index (χ4v) is 2.91. The Morgan fingerprint density at radius 1 is 1.19 bits per heavy atom. The monoisotopic (exact) mass is 292 g/mol. The number of rotatable bonds is 6. The Balaban J connectivity index is 1.65. The van der Waals surface area contributed by atoms with E-state index in [1.807, 2.05) is 0 Å². The average Bonchev–Trinajstić information content (AvgIpc) is 2.47. The van der Waals surface area contributed by atoms with Crippen molar-refractivity contribution < 1.29 is 13.9 Å². The lowest BCUT2D eigenvalue weighted by Gasteiger charge is -2.31.